The van der Waals surface area contributed by atoms with E-state index in [1.54, 1.807) is 6.08 Å². The van der Waals surface area contributed by atoms with Crippen LogP contribution in [0.15, 0.2) is 12.2 Å². The molecule has 90 valence electrons. The van der Waals surface area contributed by atoms with E-state index in [1.165, 1.54) is 0 Å². The first-order chi connectivity index (χ1) is 7.29. The Morgan fingerprint density at radius 3 is 2.20 bits per heavy atom. The number of rotatable bonds is 6. The van der Waals surface area contributed by atoms with Crippen molar-refractivity contribution in [1.82, 2.24) is 0 Å². The molecule has 0 spiro atoms. The fraction of sp³-hybridized carbons (Fsp3) is 0.833. The highest BCUT2D eigenvalue weighted by Gasteiger charge is 2.36. The Bertz CT molecular complexity index is 157. The molecule has 2 N–H and O–H groups in total. The lowest BCUT2D eigenvalue weighted by Crippen LogP contribution is -1.97. The number of hydrogen-bond acceptors (Lipinski definition) is 3. The van der Waals surface area contributed by atoms with Crippen LogP contribution < -0.4 is 0 Å². The second-order valence-electron chi connectivity index (χ2n) is 3.63. The van der Waals surface area contributed by atoms with E-state index >= 15 is 0 Å². The second kappa shape index (κ2) is 10.1. The molecule has 1 aliphatic heterocycles. The van der Waals surface area contributed by atoms with Crippen LogP contribution in [0.25, 0.3) is 0 Å². The van der Waals surface area contributed by atoms with E-state index in [9.17, 15) is 0 Å². The quantitative estimate of drug-likeness (QED) is 0.526. The van der Waals surface area contributed by atoms with Crippen LogP contribution in [0.4, 0.5) is 0 Å². The molecular formula is C12H24O3. The average molecular weight is 216 g/mol. The van der Waals surface area contributed by atoms with Gasteiger partial charge in [0.25, 0.3) is 0 Å². The Labute approximate surface area is 92.8 Å². The molecule has 0 aromatic rings. The SMILES string of the molecule is CCCC1OC1CO.CCCC=CCO. The van der Waals surface area contributed by atoms with E-state index in [2.05, 4.69) is 13.8 Å². The molecule has 1 aliphatic rings. The third-order valence-corrected chi connectivity index (χ3v) is 2.17. The summed E-state index contributed by atoms with van der Waals surface area (Å²) in [7, 11) is 0. The maximum atomic E-state index is 8.48. The predicted molar refractivity (Wildman–Crippen MR) is 61.8 cm³/mol. The van der Waals surface area contributed by atoms with Gasteiger partial charge >= 0.3 is 0 Å². The van der Waals surface area contributed by atoms with Crippen LogP contribution in [0.3, 0.4) is 0 Å². The first-order valence-electron chi connectivity index (χ1n) is 5.82. The van der Waals surface area contributed by atoms with Crippen LogP contribution >= 0.6 is 0 Å². The van der Waals surface area contributed by atoms with Crippen molar-refractivity contribution in [2.45, 2.75) is 51.7 Å². The maximum Gasteiger partial charge on any atom is 0.107 e. The van der Waals surface area contributed by atoms with Crippen LogP contribution in [0.5, 0.6) is 0 Å². The van der Waals surface area contributed by atoms with Crippen molar-refractivity contribution >= 4 is 0 Å². The van der Waals surface area contributed by atoms with Crippen molar-refractivity contribution in [3.8, 4) is 0 Å². The highest BCUT2D eigenvalue weighted by Crippen LogP contribution is 2.25. The van der Waals surface area contributed by atoms with Gasteiger partial charge in [0.05, 0.1) is 19.3 Å². The summed E-state index contributed by atoms with van der Waals surface area (Å²) in [5.41, 5.74) is 0. The summed E-state index contributed by atoms with van der Waals surface area (Å²) in [4.78, 5) is 0. The summed E-state index contributed by atoms with van der Waals surface area (Å²) < 4.78 is 5.06. The molecule has 0 amide bonds. The average Bonchev–Trinajstić information content (AvgIpc) is 2.99. The molecule has 0 aromatic heterocycles. The van der Waals surface area contributed by atoms with E-state index in [-0.39, 0.29) is 19.3 Å². The topological polar surface area (TPSA) is 53.0 Å². The molecule has 3 nitrogen and oxygen atoms in total. The highest BCUT2D eigenvalue weighted by atomic mass is 16.6. The van der Waals surface area contributed by atoms with Gasteiger partial charge in [0, 0.05) is 0 Å². The van der Waals surface area contributed by atoms with E-state index in [0.717, 1.165) is 25.7 Å². The van der Waals surface area contributed by atoms with Gasteiger partial charge in [-0.15, -0.1) is 0 Å². The lowest BCUT2D eigenvalue weighted by molar-refractivity contribution is 0.241. The standard InChI is InChI=1S/C6H12O2.C6H12O/c1-2-3-5-6(4-7)8-5;1-2-3-4-5-6-7/h5-7H,2-4H2,1H3;4-5,7H,2-3,6H2,1H3. The van der Waals surface area contributed by atoms with E-state index in [4.69, 9.17) is 14.9 Å². The minimum atomic E-state index is 0.176. The van der Waals surface area contributed by atoms with E-state index < -0.39 is 0 Å². The summed E-state index contributed by atoms with van der Waals surface area (Å²) in [5, 5.41) is 16.7. The smallest absolute Gasteiger partial charge is 0.107 e. The molecule has 2 unspecified atom stereocenters. The van der Waals surface area contributed by atoms with Gasteiger partial charge in [0.15, 0.2) is 0 Å². The number of allylic oxidation sites excluding steroid dienone is 1. The zero-order valence-corrected chi connectivity index (χ0v) is 9.85. The van der Waals surface area contributed by atoms with Crippen molar-refractivity contribution in [1.29, 1.82) is 0 Å². The van der Waals surface area contributed by atoms with Gasteiger partial charge in [-0.1, -0.05) is 38.8 Å². The van der Waals surface area contributed by atoms with Crippen molar-refractivity contribution in [3.63, 3.8) is 0 Å². The predicted octanol–water partition coefficient (Wildman–Crippen LogP) is 1.88. The largest absolute Gasteiger partial charge is 0.394 e. The van der Waals surface area contributed by atoms with E-state index in [0.29, 0.717) is 6.10 Å². The summed E-state index contributed by atoms with van der Waals surface area (Å²) in [6.07, 6.45) is 8.81. The zero-order chi connectivity index (χ0) is 11.5. The fourth-order valence-corrected chi connectivity index (χ4v) is 1.24. The Morgan fingerprint density at radius 2 is 1.80 bits per heavy atom. The summed E-state index contributed by atoms with van der Waals surface area (Å²) in [6, 6.07) is 0. The Balaban J connectivity index is 0.000000265. The molecule has 0 saturated carbocycles. The van der Waals surface area contributed by atoms with Gasteiger partial charge in [0.2, 0.25) is 0 Å². The Hall–Kier alpha value is -0.380. The number of epoxide rings is 1. The molecule has 1 rings (SSSR count). The van der Waals surface area contributed by atoms with Gasteiger partial charge in [-0.2, -0.15) is 0 Å². The molecule has 1 saturated heterocycles. The molecule has 0 aromatic carbocycles. The Morgan fingerprint density at radius 1 is 1.07 bits per heavy atom. The molecule has 0 aliphatic carbocycles. The lowest BCUT2D eigenvalue weighted by atomic mass is 10.2. The second-order valence-corrected chi connectivity index (χ2v) is 3.63. The minimum absolute atomic E-state index is 0.176. The Kier molecular flexibility index (Phi) is 9.89. The van der Waals surface area contributed by atoms with Crippen molar-refractivity contribution < 1.29 is 14.9 Å². The number of unbranched alkanes of at least 4 members (excludes halogenated alkanes) is 1. The van der Waals surface area contributed by atoms with Gasteiger partial charge in [-0.05, 0) is 12.8 Å². The van der Waals surface area contributed by atoms with Crippen molar-refractivity contribution in [3.05, 3.63) is 12.2 Å². The molecule has 2 atom stereocenters. The van der Waals surface area contributed by atoms with Crippen LogP contribution in [0.2, 0.25) is 0 Å². The molecular weight excluding hydrogens is 192 g/mol. The number of aliphatic hydroxyl groups is 2. The zero-order valence-electron chi connectivity index (χ0n) is 9.85. The third kappa shape index (κ3) is 8.60. The molecule has 15 heavy (non-hydrogen) atoms. The number of ether oxygens (including phenoxy) is 1. The summed E-state index contributed by atoms with van der Waals surface area (Å²) in [6.45, 7) is 4.61. The van der Waals surface area contributed by atoms with E-state index in [1.807, 2.05) is 6.08 Å². The van der Waals surface area contributed by atoms with Crippen LogP contribution in [-0.4, -0.2) is 35.6 Å². The molecule has 1 fully saturated rings. The van der Waals surface area contributed by atoms with Gasteiger partial charge in [-0.3, -0.25) is 0 Å². The van der Waals surface area contributed by atoms with Gasteiger partial charge in [-0.25, -0.2) is 0 Å². The summed E-state index contributed by atoms with van der Waals surface area (Å²) in [5.74, 6) is 0. The van der Waals surface area contributed by atoms with Crippen molar-refractivity contribution in [2.24, 2.45) is 0 Å². The minimum Gasteiger partial charge on any atom is -0.394 e. The van der Waals surface area contributed by atoms with Crippen molar-refractivity contribution in [2.75, 3.05) is 13.2 Å². The molecule has 1 heterocycles. The highest BCUT2D eigenvalue weighted by molar-refractivity contribution is 4.82. The normalized spacial score (nSPS) is 23.7. The van der Waals surface area contributed by atoms with Gasteiger partial charge < -0.3 is 14.9 Å². The first-order valence-corrected chi connectivity index (χ1v) is 5.82. The number of aliphatic hydroxyl groups excluding tert-OH is 2. The van der Waals surface area contributed by atoms with Crippen LogP contribution in [0.1, 0.15) is 39.5 Å². The molecule has 0 radical (unpaired) electrons. The maximum absolute atomic E-state index is 8.48. The molecule has 0 bridgehead atoms. The van der Waals surface area contributed by atoms with Crippen LogP contribution in [0, 0.1) is 0 Å². The fourth-order valence-electron chi connectivity index (χ4n) is 1.24. The third-order valence-electron chi connectivity index (χ3n) is 2.17. The molecule has 3 heteroatoms. The monoisotopic (exact) mass is 216 g/mol. The summed E-state index contributed by atoms with van der Waals surface area (Å²) >= 11 is 0. The number of hydrogen-bond donors (Lipinski definition) is 2. The first kappa shape index (κ1) is 14.6. The van der Waals surface area contributed by atoms with Crippen LogP contribution in [-0.2, 0) is 4.74 Å². The lowest BCUT2D eigenvalue weighted by Gasteiger charge is -1.84. The van der Waals surface area contributed by atoms with Gasteiger partial charge in [0.1, 0.15) is 6.10 Å².